The monoisotopic (exact) mass is 198 g/mol. The SMILES string of the molecule is COC(=O)[C@]12CNC[C@@H]1CCCN2C. The summed E-state index contributed by atoms with van der Waals surface area (Å²) in [5.41, 5.74) is -0.382. The molecule has 2 heterocycles. The normalized spacial score (nSPS) is 38.0. The average Bonchev–Trinajstić information content (AvgIpc) is 2.63. The molecule has 4 nitrogen and oxygen atoms in total. The van der Waals surface area contributed by atoms with Gasteiger partial charge in [0.2, 0.25) is 0 Å². The van der Waals surface area contributed by atoms with Gasteiger partial charge in [-0.1, -0.05) is 0 Å². The number of nitrogens with one attached hydrogen (secondary N) is 1. The highest BCUT2D eigenvalue weighted by Gasteiger charge is 2.54. The van der Waals surface area contributed by atoms with E-state index in [9.17, 15) is 4.79 Å². The van der Waals surface area contributed by atoms with E-state index in [1.165, 1.54) is 13.5 Å². The van der Waals surface area contributed by atoms with Gasteiger partial charge in [-0.05, 0) is 26.4 Å². The van der Waals surface area contributed by atoms with Crippen LogP contribution in [0.5, 0.6) is 0 Å². The molecule has 4 heteroatoms. The van der Waals surface area contributed by atoms with Crippen LogP contribution in [0.1, 0.15) is 12.8 Å². The van der Waals surface area contributed by atoms with E-state index in [1.54, 1.807) is 0 Å². The second kappa shape index (κ2) is 3.51. The van der Waals surface area contributed by atoms with Crippen LogP contribution in [0.25, 0.3) is 0 Å². The molecule has 0 aromatic rings. The molecule has 0 radical (unpaired) electrons. The van der Waals surface area contributed by atoms with Crippen molar-refractivity contribution in [2.75, 3.05) is 33.8 Å². The number of methoxy groups -OCH3 is 1. The van der Waals surface area contributed by atoms with Gasteiger partial charge in [-0.3, -0.25) is 4.90 Å². The predicted octanol–water partition coefficient (Wildman–Crippen LogP) is -0.157. The van der Waals surface area contributed by atoms with Gasteiger partial charge in [0, 0.05) is 19.0 Å². The Morgan fingerprint density at radius 3 is 3.14 bits per heavy atom. The summed E-state index contributed by atoms with van der Waals surface area (Å²) in [4.78, 5) is 14.0. The predicted molar refractivity (Wildman–Crippen MR) is 53.0 cm³/mol. The smallest absolute Gasteiger partial charge is 0.327 e. The third kappa shape index (κ3) is 1.17. The van der Waals surface area contributed by atoms with E-state index in [4.69, 9.17) is 4.74 Å². The average molecular weight is 198 g/mol. The Morgan fingerprint density at radius 1 is 1.64 bits per heavy atom. The summed E-state index contributed by atoms with van der Waals surface area (Å²) in [7, 11) is 3.50. The first kappa shape index (κ1) is 9.93. The lowest BCUT2D eigenvalue weighted by atomic mass is 9.79. The quantitative estimate of drug-likeness (QED) is 0.595. The minimum absolute atomic E-state index is 0.0744. The summed E-state index contributed by atoms with van der Waals surface area (Å²) in [5.74, 6) is 0.350. The molecule has 2 aliphatic rings. The molecule has 0 aromatic carbocycles. The highest BCUT2D eigenvalue weighted by Crippen LogP contribution is 2.36. The summed E-state index contributed by atoms with van der Waals surface area (Å²) < 4.78 is 4.94. The molecule has 0 spiro atoms. The molecule has 0 amide bonds. The number of likely N-dealkylation sites (tertiary alicyclic amines) is 1. The van der Waals surface area contributed by atoms with E-state index in [0.29, 0.717) is 5.92 Å². The molecular weight excluding hydrogens is 180 g/mol. The fourth-order valence-corrected chi connectivity index (χ4v) is 2.88. The number of carbonyl (C=O) groups excluding carboxylic acids is 1. The number of ether oxygens (including phenoxy) is 1. The van der Waals surface area contributed by atoms with Crippen LogP contribution >= 0.6 is 0 Å². The maximum Gasteiger partial charge on any atom is 0.327 e. The Kier molecular flexibility index (Phi) is 2.49. The van der Waals surface area contributed by atoms with Gasteiger partial charge in [0.05, 0.1) is 7.11 Å². The van der Waals surface area contributed by atoms with Crippen molar-refractivity contribution >= 4 is 5.97 Å². The van der Waals surface area contributed by atoms with Crippen LogP contribution in [0.4, 0.5) is 0 Å². The largest absolute Gasteiger partial charge is 0.468 e. The van der Waals surface area contributed by atoms with E-state index in [2.05, 4.69) is 10.2 Å². The molecular formula is C10H18N2O2. The van der Waals surface area contributed by atoms with Crippen LogP contribution in [0.15, 0.2) is 0 Å². The van der Waals surface area contributed by atoms with Crippen LogP contribution in [-0.4, -0.2) is 50.2 Å². The lowest BCUT2D eigenvalue weighted by Crippen LogP contribution is -2.61. The molecule has 2 atom stereocenters. The van der Waals surface area contributed by atoms with Crippen LogP contribution in [0.3, 0.4) is 0 Å². The Morgan fingerprint density at radius 2 is 2.43 bits per heavy atom. The number of hydrogen-bond acceptors (Lipinski definition) is 4. The zero-order valence-electron chi connectivity index (χ0n) is 8.88. The number of nitrogens with zero attached hydrogens (tertiary/aromatic N) is 1. The van der Waals surface area contributed by atoms with E-state index in [0.717, 1.165) is 26.1 Å². The highest BCUT2D eigenvalue weighted by atomic mass is 16.5. The Hall–Kier alpha value is -0.610. The van der Waals surface area contributed by atoms with Crippen molar-refractivity contribution in [3.63, 3.8) is 0 Å². The van der Waals surface area contributed by atoms with Gasteiger partial charge in [0.15, 0.2) is 0 Å². The molecule has 2 aliphatic heterocycles. The van der Waals surface area contributed by atoms with Crippen molar-refractivity contribution in [2.45, 2.75) is 18.4 Å². The summed E-state index contributed by atoms with van der Waals surface area (Å²) in [6.45, 7) is 2.67. The Balaban J connectivity index is 2.29. The lowest BCUT2D eigenvalue weighted by Gasteiger charge is -2.43. The lowest BCUT2D eigenvalue weighted by molar-refractivity contribution is -0.158. The second-order valence-corrected chi connectivity index (χ2v) is 4.31. The van der Waals surface area contributed by atoms with Crippen molar-refractivity contribution in [3.05, 3.63) is 0 Å². The standard InChI is InChI=1S/C10H18N2O2/c1-12-5-3-4-8-6-11-7-10(8,12)9(13)14-2/h8,11H,3-7H2,1-2H3/t8-,10-/m0/s1. The molecule has 80 valence electrons. The molecule has 2 saturated heterocycles. The zero-order valence-corrected chi connectivity index (χ0v) is 8.88. The van der Waals surface area contributed by atoms with Gasteiger partial charge in [0.1, 0.15) is 5.54 Å². The number of esters is 1. The van der Waals surface area contributed by atoms with Crippen LogP contribution in [-0.2, 0) is 9.53 Å². The minimum Gasteiger partial charge on any atom is -0.468 e. The van der Waals surface area contributed by atoms with E-state index in [-0.39, 0.29) is 11.5 Å². The van der Waals surface area contributed by atoms with Gasteiger partial charge in [-0.2, -0.15) is 0 Å². The minimum atomic E-state index is -0.382. The first-order valence-corrected chi connectivity index (χ1v) is 5.22. The van der Waals surface area contributed by atoms with Crippen molar-refractivity contribution < 1.29 is 9.53 Å². The number of rotatable bonds is 1. The molecule has 2 rings (SSSR count). The molecule has 2 fully saturated rings. The first-order valence-electron chi connectivity index (χ1n) is 5.22. The van der Waals surface area contributed by atoms with E-state index < -0.39 is 0 Å². The number of piperidine rings is 1. The summed E-state index contributed by atoms with van der Waals surface area (Å²) in [5, 5.41) is 3.31. The van der Waals surface area contributed by atoms with E-state index in [1.807, 2.05) is 7.05 Å². The Bertz CT molecular complexity index is 244. The van der Waals surface area contributed by atoms with E-state index >= 15 is 0 Å². The summed E-state index contributed by atoms with van der Waals surface area (Å²) in [6.07, 6.45) is 2.31. The number of likely N-dealkylation sites (N-methyl/N-ethyl adjacent to an activating group) is 1. The van der Waals surface area contributed by atoms with Gasteiger partial charge < -0.3 is 10.1 Å². The van der Waals surface area contributed by atoms with Crippen LogP contribution in [0, 0.1) is 5.92 Å². The third-order valence-corrected chi connectivity index (χ3v) is 3.73. The van der Waals surface area contributed by atoms with Gasteiger partial charge >= 0.3 is 5.97 Å². The molecule has 0 unspecified atom stereocenters. The molecule has 14 heavy (non-hydrogen) atoms. The number of carbonyl (C=O) groups is 1. The molecule has 0 saturated carbocycles. The molecule has 0 aromatic heterocycles. The molecule has 0 bridgehead atoms. The van der Waals surface area contributed by atoms with Crippen LogP contribution < -0.4 is 5.32 Å². The van der Waals surface area contributed by atoms with Gasteiger partial charge in [-0.15, -0.1) is 0 Å². The third-order valence-electron chi connectivity index (χ3n) is 3.73. The van der Waals surface area contributed by atoms with Crippen molar-refractivity contribution in [1.82, 2.24) is 10.2 Å². The van der Waals surface area contributed by atoms with Crippen molar-refractivity contribution in [2.24, 2.45) is 5.92 Å². The summed E-state index contributed by atoms with van der Waals surface area (Å²) in [6, 6.07) is 0. The van der Waals surface area contributed by atoms with Crippen LogP contribution in [0.2, 0.25) is 0 Å². The number of hydrogen-bond donors (Lipinski definition) is 1. The second-order valence-electron chi connectivity index (χ2n) is 4.31. The number of fused-ring (bicyclic) bond motifs is 1. The van der Waals surface area contributed by atoms with Crippen molar-refractivity contribution in [3.8, 4) is 0 Å². The maximum atomic E-state index is 11.9. The van der Waals surface area contributed by atoms with Gasteiger partial charge in [-0.25, -0.2) is 4.79 Å². The highest BCUT2D eigenvalue weighted by molar-refractivity contribution is 5.82. The first-order chi connectivity index (χ1) is 6.71. The maximum absolute atomic E-state index is 11.9. The fraction of sp³-hybridized carbons (Fsp3) is 0.900. The zero-order chi connectivity index (χ0) is 10.2. The summed E-state index contributed by atoms with van der Waals surface area (Å²) >= 11 is 0. The molecule has 0 aliphatic carbocycles. The topological polar surface area (TPSA) is 41.6 Å². The Labute approximate surface area is 84.6 Å². The fourth-order valence-electron chi connectivity index (χ4n) is 2.88. The molecule has 1 N–H and O–H groups in total. The van der Waals surface area contributed by atoms with Gasteiger partial charge in [0.25, 0.3) is 0 Å². The van der Waals surface area contributed by atoms with Crippen molar-refractivity contribution in [1.29, 1.82) is 0 Å².